The second-order valence-electron chi connectivity index (χ2n) is 11.0. The summed E-state index contributed by atoms with van der Waals surface area (Å²) in [5.74, 6) is -5.77. The molecule has 2 atom stereocenters. The molecule has 50 heavy (non-hydrogen) atoms. The molecule has 0 aromatic heterocycles. The van der Waals surface area contributed by atoms with Crippen molar-refractivity contribution in [3.63, 3.8) is 0 Å². The van der Waals surface area contributed by atoms with Crippen molar-refractivity contribution in [3.8, 4) is 5.75 Å². The number of amides is 2. The van der Waals surface area contributed by atoms with Gasteiger partial charge in [0, 0.05) is 42.1 Å². The molecular weight excluding hydrogens is 652 g/mol. The maximum Gasteiger partial charge on any atom is 0.338 e. The van der Waals surface area contributed by atoms with Crippen LogP contribution in [0.1, 0.15) is 53.0 Å². The normalized spacial score (nSPS) is 15.3. The molecule has 260 valence electrons. The topological polar surface area (TPSA) is 213 Å². The van der Waals surface area contributed by atoms with E-state index < -0.39 is 40.6 Å². The molecule has 3 aromatic rings. The number of aliphatic imine (C=N–C) groups is 1. The van der Waals surface area contributed by atoms with Gasteiger partial charge in [-0.25, -0.2) is 9.59 Å². The Labute approximate surface area is 286 Å². The van der Waals surface area contributed by atoms with Crippen LogP contribution in [0.5, 0.6) is 5.75 Å². The molecule has 0 aliphatic carbocycles. The molecule has 3 N–H and O–H groups in total. The number of para-hydroxylation sites is 1. The minimum Gasteiger partial charge on any atom is -0.507 e. The molecule has 0 spiro atoms. The first-order valence-corrected chi connectivity index (χ1v) is 15.3. The number of non-ortho nitro benzene ring substituents is 1. The Morgan fingerprint density at radius 3 is 2.22 bits per heavy atom. The van der Waals surface area contributed by atoms with Crippen molar-refractivity contribution < 1.29 is 48.2 Å². The third-order valence-corrected chi connectivity index (χ3v) is 7.51. The fraction of sp³-hybridized carbons (Fsp3) is 0.257. The van der Waals surface area contributed by atoms with Crippen LogP contribution in [0.4, 0.5) is 11.4 Å². The minimum absolute atomic E-state index is 0.0377. The number of allylic oxidation sites excluding steroid dienone is 1. The van der Waals surface area contributed by atoms with Crippen molar-refractivity contribution in [2.45, 2.75) is 26.7 Å². The van der Waals surface area contributed by atoms with Crippen LogP contribution in [0.2, 0.25) is 0 Å². The molecule has 15 nitrogen and oxygen atoms in total. The monoisotopic (exact) mass is 686 g/mol. The summed E-state index contributed by atoms with van der Waals surface area (Å²) < 4.78 is 16.1. The maximum atomic E-state index is 13.6. The van der Waals surface area contributed by atoms with E-state index in [2.05, 4.69) is 15.6 Å². The fourth-order valence-corrected chi connectivity index (χ4v) is 5.29. The second kappa shape index (κ2) is 16.6. The van der Waals surface area contributed by atoms with Gasteiger partial charge in [-0.2, -0.15) is 0 Å². The number of ether oxygens (including phenoxy) is 3. The summed E-state index contributed by atoms with van der Waals surface area (Å²) in [6.45, 7) is 3.39. The highest BCUT2D eigenvalue weighted by Gasteiger charge is 2.43. The molecule has 0 saturated heterocycles. The Balaban J connectivity index is 1.46. The molecule has 4 rings (SSSR count). The number of phenolic OH excluding ortho intramolecular Hbond substituents is 1. The van der Waals surface area contributed by atoms with Gasteiger partial charge < -0.3 is 30.0 Å². The van der Waals surface area contributed by atoms with E-state index >= 15 is 0 Å². The highest BCUT2D eigenvalue weighted by Crippen LogP contribution is 2.41. The number of rotatable bonds is 13. The van der Waals surface area contributed by atoms with Gasteiger partial charge in [0.05, 0.1) is 28.2 Å². The van der Waals surface area contributed by atoms with Gasteiger partial charge >= 0.3 is 17.9 Å². The van der Waals surface area contributed by atoms with E-state index in [-0.39, 0.29) is 77.4 Å². The fourth-order valence-electron chi connectivity index (χ4n) is 5.29. The molecule has 0 saturated carbocycles. The lowest BCUT2D eigenvalue weighted by molar-refractivity contribution is -0.384. The zero-order valence-corrected chi connectivity index (χ0v) is 27.3. The van der Waals surface area contributed by atoms with E-state index in [1.165, 1.54) is 74.5 Å². The van der Waals surface area contributed by atoms with Crippen LogP contribution in [0.3, 0.4) is 0 Å². The number of aromatic hydroxyl groups is 1. The predicted molar refractivity (Wildman–Crippen MR) is 179 cm³/mol. The third kappa shape index (κ3) is 9.15. The van der Waals surface area contributed by atoms with E-state index in [9.17, 15) is 39.2 Å². The Bertz CT molecular complexity index is 1870. The number of phenols is 1. The highest BCUT2D eigenvalue weighted by molar-refractivity contribution is 6.07. The van der Waals surface area contributed by atoms with Crippen LogP contribution in [0, 0.1) is 16.0 Å². The number of hydrogen-bond acceptors (Lipinski definition) is 12. The lowest BCUT2D eigenvalue weighted by Gasteiger charge is -2.31. The van der Waals surface area contributed by atoms with Crippen LogP contribution in [0.25, 0.3) is 0 Å². The number of anilines is 1. The SMILES string of the molecule is CC(=O)Nc1ccc(C(=O)OCCOC(=O)C2=C(C)N=C(C)C(C(=O)OCCNC(=O)c3ccccc3O)[C@@H]2c2cccc([N+](=O)[O-])c2)cc1. The summed E-state index contributed by atoms with van der Waals surface area (Å²) in [6, 6.07) is 17.4. The zero-order chi connectivity index (χ0) is 36.4. The average molecular weight is 687 g/mol. The third-order valence-electron chi connectivity index (χ3n) is 7.51. The highest BCUT2D eigenvalue weighted by atomic mass is 16.6. The van der Waals surface area contributed by atoms with Crippen molar-refractivity contribution in [2.75, 3.05) is 31.7 Å². The van der Waals surface area contributed by atoms with E-state index in [1.807, 2.05) is 0 Å². The number of nitrogens with zero attached hydrogens (tertiary/aromatic N) is 2. The number of benzene rings is 3. The molecule has 0 radical (unpaired) electrons. The van der Waals surface area contributed by atoms with Crippen molar-refractivity contribution in [3.05, 3.63) is 111 Å². The van der Waals surface area contributed by atoms with Gasteiger partial charge in [0.1, 0.15) is 31.5 Å². The van der Waals surface area contributed by atoms with Crippen molar-refractivity contribution in [1.29, 1.82) is 0 Å². The lowest BCUT2D eigenvalue weighted by Crippen LogP contribution is -2.38. The average Bonchev–Trinajstić information content (AvgIpc) is 3.08. The first kappa shape index (κ1) is 36.5. The van der Waals surface area contributed by atoms with Crippen molar-refractivity contribution >= 4 is 46.8 Å². The molecule has 1 heterocycles. The summed E-state index contributed by atoms with van der Waals surface area (Å²) in [7, 11) is 0. The van der Waals surface area contributed by atoms with Crippen LogP contribution in [-0.4, -0.2) is 71.8 Å². The van der Waals surface area contributed by atoms with Gasteiger partial charge in [-0.1, -0.05) is 24.3 Å². The summed E-state index contributed by atoms with van der Waals surface area (Å²) in [5, 5.41) is 26.6. The Hall–Kier alpha value is -6.38. The number of carbonyl (C=O) groups is 5. The predicted octanol–water partition coefficient (Wildman–Crippen LogP) is 4.08. The molecule has 2 amide bonds. The maximum absolute atomic E-state index is 13.6. The van der Waals surface area contributed by atoms with Gasteiger partial charge in [-0.15, -0.1) is 0 Å². The molecule has 0 fully saturated rings. The zero-order valence-electron chi connectivity index (χ0n) is 27.3. The van der Waals surface area contributed by atoms with Crippen LogP contribution < -0.4 is 10.6 Å². The summed E-state index contributed by atoms with van der Waals surface area (Å²) >= 11 is 0. The second-order valence-corrected chi connectivity index (χ2v) is 11.0. The van der Waals surface area contributed by atoms with Crippen LogP contribution in [0.15, 0.2) is 89.1 Å². The smallest absolute Gasteiger partial charge is 0.338 e. The van der Waals surface area contributed by atoms with E-state index in [1.54, 1.807) is 19.1 Å². The first-order valence-electron chi connectivity index (χ1n) is 15.3. The largest absolute Gasteiger partial charge is 0.507 e. The summed E-state index contributed by atoms with van der Waals surface area (Å²) in [5.41, 5.74) is 1.14. The minimum atomic E-state index is -1.20. The van der Waals surface area contributed by atoms with Crippen molar-refractivity contribution in [2.24, 2.45) is 10.9 Å². The molecule has 15 heteroatoms. The van der Waals surface area contributed by atoms with E-state index in [4.69, 9.17) is 14.2 Å². The Morgan fingerprint density at radius 2 is 1.56 bits per heavy atom. The molecule has 3 aromatic carbocycles. The first-order chi connectivity index (χ1) is 23.9. The van der Waals surface area contributed by atoms with Gasteiger partial charge in [0.25, 0.3) is 11.6 Å². The Morgan fingerprint density at radius 1 is 0.880 bits per heavy atom. The van der Waals surface area contributed by atoms with Gasteiger partial charge in [-0.3, -0.25) is 29.5 Å². The standard InChI is InChI=1S/C35H34N4O11/c1-20-29(34(44)48-16-15-36-32(42)27-9-4-5-10-28(27)41)31(24-7-6-8-26(19-24)39(46)47)30(21(2)37-20)35(45)50-18-17-49-33(43)23-11-13-25(14-12-23)38-22(3)40/h4-14,19,29,31,41H,15-18H2,1-3H3,(H,36,42)(H,38,40)/t29?,31-/m0/s1. The van der Waals surface area contributed by atoms with Crippen LogP contribution in [-0.2, 0) is 28.6 Å². The molecular formula is C35H34N4O11. The number of esters is 3. The van der Waals surface area contributed by atoms with E-state index in [0.717, 1.165) is 0 Å². The quantitative estimate of drug-likeness (QED) is 0.0766. The number of nitrogens with one attached hydrogen (secondary N) is 2. The van der Waals surface area contributed by atoms with Gasteiger partial charge in [-0.05, 0) is 55.8 Å². The summed E-state index contributed by atoms with van der Waals surface area (Å²) in [4.78, 5) is 78.6. The molecule has 1 unspecified atom stereocenters. The number of nitro benzene ring substituents is 1. The Kier molecular flexibility index (Phi) is 12.1. The van der Waals surface area contributed by atoms with Crippen LogP contribution >= 0.6 is 0 Å². The number of nitro groups is 1. The lowest BCUT2D eigenvalue weighted by atomic mass is 9.75. The van der Waals surface area contributed by atoms with Gasteiger partial charge in [0.15, 0.2) is 0 Å². The van der Waals surface area contributed by atoms with Gasteiger partial charge in [0.2, 0.25) is 5.91 Å². The molecule has 0 bridgehead atoms. The summed E-state index contributed by atoms with van der Waals surface area (Å²) in [6.07, 6.45) is 0. The number of hydrogen-bond donors (Lipinski definition) is 3. The molecule has 1 aliphatic heterocycles. The van der Waals surface area contributed by atoms with Crippen molar-refractivity contribution in [1.82, 2.24) is 5.32 Å². The number of carbonyl (C=O) groups excluding carboxylic acids is 5. The molecule has 1 aliphatic rings. The van der Waals surface area contributed by atoms with E-state index in [0.29, 0.717) is 5.69 Å².